The van der Waals surface area contributed by atoms with E-state index in [1.165, 1.54) is 32.5 Å². The summed E-state index contributed by atoms with van der Waals surface area (Å²) in [5.41, 5.74) is 0.426. The first kappa shape index (κ1) is 10.4. The second-order valence-corrected chi connectivity index (χ2v) is 6.19. The molecule has 14 heavy (non-hydrogen) atoms. The second kappa shape index (κ2) is 3.82. The van der Waals surface area contributed by atoms with Crippen molar-refractivity contribution in [2.45, 2.75) is 39.7 Å². The van der Waals surface area contributed by atoms with Gasteiger partial charge in [0.15, 0.2) is 0 Å². The van der Waals surface area contributed by atoms with Crippen LogP contribution < -0.4 is 5.32 Å². The monoisotopic (exact) mass is 196 g/mol. The van der Waals surface area contributed by atoms with Crippen LogP contribution in [0.1, 0.15) is 33.6 Å². The van der Waals surface area contributed by atoms with Crippen LogP contribution in [0, 0.1) is 11.3 Å². The minimum absolute atomic E-state index is 0.426. The molecule has 82 valence electrons. The topological polar surface area (TPSA) is 15.3 Å². The van der Waals surface area contributed by atoms with Gasteiger partial charge in [0.05, 0.1) is 0 Å². The molecule has 0 radical (unpaired) electrons. The zero-order valence-corrected chi connectivity index (χ0v) is 9.84. The predicted octanol–water partition coefficient (Wildman–Crippen LogP) is 1.72. The zero-order valence-electron chi connectivity index (χ0n) is 9.84. The second-order valence-electron chi connectivity index (χ2n) is 6.19. The Labute approximate surface area is 88.1 Å². The zero-order chi connectivity index (χ0) is 10.2. The molecule has 0 aliphatic carbocycles. The van der Waals surface area contributed by atoms with Crippen LogP contribution in [-0.2, 0) is 0 Å². The summed E-state index contributed by atoms with van der Waals surface area (Å²) in [6.45, 7) is 12.1. The minimum atomic E-state index is 0.426. The molecule has 3 unspecified atom stereocenters. The summed E-state index contributed by atoms with van der Waals surface area (Å²) in [6.07, 6.45) is 2.78. The maximum atomic E-state index is 3.76. The van der Waals surface area contributed by atoms with E-state index in [0.717, 1.165) is 18.5 Å². The van der Waals surface area contributed by atoms with Gasteiger partial charge in [0, 0.05) is 19.1 Å². The first-order valence-corrected chi connectivity index (χ1v) is 6.00. The van der Waals surface area contributed by atoms with E-state index in [0.29, 0.717) is 5.41 Å². The summed E-state index contributed by atoms with van der Waals surface area (Å²) in [5.74, 6) is 0.936. The summed E-state index contributed by atoms with van der Waals surface area (Å²) in [4.78, 5) is 2.61. The van der Waals surface area contributed by atoms with Crippen molar-refractivity contribution < 1.29 is 0 Å². The molecular formula is C12H24N2. The first-order valence-electron chi connectivity index (χ1n) is 6.00. The van der Waals surface area contributed by atoms with Crippen molar-refractivity contribution in [1.82, 2.24) is 10.2 Å². The maximum absolute atomic E-state index is 3.76. The van der Waals surface area contributed by atoms with Crippen molar-refractivity contribution in [2.75, 3.05) is 26.2 Å². The molecule has 2 heteroatoms. The number of fused-ring (bicyclic) bond motifs is 2. The van der Waals surface area contributed by atoms with Gasteiger partial charge in [-0.15, -0.1) is 0 Å². The molecule has 0 aromatic heterocycles. The smallest absolute Gasteiger partial charge is 0.0120 e. The standard InChI is InChI=1S/C12H24N2/c1-12(2,3)9-13-11-5-7-14-6-4-10(11)8-14/h10-11,13H,4-9H2,1-3H3. The summed E-state index contributed by atoms with van der Waals surface area (Å²) in [7, 11) is 0. The highest BCUT2D eigenvalue weighted by molar-refractivity contribution is 4.91. The van der Waals surface area contributed by atoms with Crippen LogP contribution in [0.25, 0.3) is 0 Å². The third-order valence-electron chi connectivity index (χ3n) is 3.53. The van der Waals surface area contributed by atoms with Crippen molar-refractivity contribution in [3.8, 4) is 0 Å². The van der Waals surface area contributed by atoms with E-state index in [1.807, 2.05) is 0 Å². The number of hydrogen-bond acceptors (Lipinski definition) is 2. The molecule has 0 amide bonds. The highest BCUT2D eigenvalue weighted by Gasteiger charge is 2.34. The first-order chi connectivity index (χ1) is 6.54. The number of nitrogens with one attached hydrogen (secondary N) is 1. The Balaban J connectivity index is 1.80. The molecule has 0 aromatic carbocycles. The Morgan fingerprint density at radius 1 is 1.21 bits per heavy atom. The summed E-state index contributed by atoms with van der Waals surface area (Å²) in [5, 5.41) is 3.76. The average molecular weight is 196 g/mol. The van der Waals surface area contributed by atoms with Crippen molar-refractivity contribution >= 4 is 0 Å². The van der Waals surface area contributed by atoms with Gasteiger partial charge in [0.2, 0.25) is 0 Å². The van der Waals surface area contributed by atoms with Crippen LogP contribution in [-0.4, -0.2) is 37.1 Å². The number of piperidine rings is 1. The Bertz CT molecular complexity index is 195. The van der Waals surface area contributed by atoms with E-state index >= 15 is 0 Å². The molecule has 2 rings (SSSR count). The van der Waals surface area contributed by atoms with E-state index in [4.69, 9.17) is 0 Å². The van der Waals surface area contributed by atoms with Gasteiger partial charge in [-0.05, 0) is 37.3 Å². The van der Waals surface area contributed by atoms with Gasteiger partial charge in [0.25, 0.3) is 0 Å². The summed E-state index contributed by atoms with van der Waals surface area (Å²) < 4.78 is 0. The van der Waals surface area contributed by atoms with Crippen molar-refractivity contribution in [2.24, 2.45) is 11.3 Å². The van der Waals surface area contributed by atoms with E-state index in [-0.39, 0.29) is 0 Å². The molecule has 2 aliphatic rings. The number of hydrogen-bond donors (Lipinski definition) is 1. The Kier molecular flexibility index (Phi) is 2.85. The SMILES string of the molecule is CC(C)(C)CNC1CCN2CCC1C2. The Hall–Kier alpha value is -0.0800. The lowest BCUT2D eigenvalue weighted by molar-refractivity contribution is 0.207. The fraction of sp³-hybridized carbons (Fsp3) is 1.00. The summed E-state index contributed by atoms with van der Waals surface area (Å²) >= 11 is 0. The molecule has 2 bridgehead atoms. The lowest BCUT2D eigenvalue weighted by atomic mass is 9.91. The van der Waals surface area contributed by atoms with Crippen molar-refractivity contribution in [3.05, 3.63) is 0 Å². The van der Waals surface area contributed by atoms with E-state index < -0.39 is 0 Å². The van der Waals surface area contributed by atoms with Gasteiger partial charge in [0.1, 0.15) is 0 Å². The molecule has 2 nitrogen and oxygen atoms in total. The number of nitrogens with zero attached hydrogens (tertiary/aromatic N) is 1. The van der Waals surface area contributed by atoms with Crippen LogP contribution in [0.5, 0.6) is 0 Å². The molecule has 1 N–H and O–H groups in total. The van der Waals surface area contributed by atoms with Crippen molar-refractivity contribution in [3.63, 3.8) is 0 Å². The van der Waals surface area contributed by atoms with E-state index in [9.17, 15) is 0 Å². The quantitative estimate of drug-likeness (QED) is 0.723. The Morgan fingerprint density at radius 3 is 2.64 bits per heavy atom. The van der Waals surface area contributed by atoms with Gasteiger partial charge in [-0.2, -0.15) is 0 Å². The summed E-state index contributed by atoms with van der Waals surface area (Å²) in [6, 6.07) is 0.799. The van der Waals surface area contributed by atoms with Crippen LogP contribution >= 0.6 is 0 Å². The molecule has 3 atom stereocenters. The average Bonchev–Trinajstić information content (AvgIpc) is 2.46. The normalized spacial score (nSPS) is 37.5. The predicted molar refractivity (Wildman–Crippen MR) is 60.4 cm³/mol. The van der Waals surface area contributed by atoms with Gasteiger partial charge >= 0.3 is 0 Å². The molecule has 0 saturated carbocycles. The molecular weight excluding hydrogens is 172 g/mol. The maximum Gasteiger partial charge on any atom is 0.0120 e. The van der Waals surface area contributed by atoms with Crippen LogP contribution in [0.15, 0.2) is 0 Å². The molecule has 2 aliphatic heterocycles. The molecule has 2 saturated heterocycles. The lowest BCUT2D eigenvalue weighted by Gasteiger charge is -2.33. The molecule has 0 spiro atoms. The third kappa shape index (κ3) is 2.48. The molecule has 2 heterocycles. The Morgan fingerprint density at radius 2 is 1.93 bits per heavy atom. The molecule has 2 fully saturated rings. The van der Waals surface area contributed by atoms with Gasteiger partial charge in [-0.3, -0.25) is 0 Å². The highest BCUT2D eigenvalue weighted by Crippen LogP contribution is 2.27. The fourth-order valence-corrected chi connectivity index (χ4v) is 2.66. The van der Waals surface area contributed by atoms with Gasteiger partial charge in [-0.1, -0.05) is 20.8 Å². The minimum Gasteiger partial charge on any atom is -0.313 e. The lowest BCUT2D eigenvalue weighted by Crippen LogP contribution is -2.46. The van der Waals surface area contributed by atoms with Gasteiger partial charge in [-0.25, -0.2) is 0 Å². The largest absolute Gasteiger partial charge is 0.313 e. The van der Waals surface area contributed by atoms with Crippen LogP contribution in [0.4, 0.5) is 0 Å². The van der Waals surface area contributed by atoms with E-state index in [1.54, 1.807) is 0 Å². The van der Waals surface area contributed by atoms with Gasteiger partial charge < -0.3 is 10.2 Å². The highest BCUT2D eigenvalue weighted by atomic mass is 15.2. The molecule has 0 aromatic rings. The third-order valence-corrected chi connectivity index (χ3v) is 3.53. The fourth-order valence-electron chi connectivity index (χ4n) is 2.66. The van der Waals surface area contributed by atoms with Crippen LogP contribution in [0.2, 0.25) is 0 Å². The van der Waals surface area contributed by atoms with Crippen LogP contribution in [0.3, 0.4) is 0 Å². The van der Waals surface area contributed by atoms with Crippen molar-refractivity contribution in [1.29, 1.82) is 0 Å². The van der Waals surface area contributed by atoms with E-state index in [2.05, 4.69) is 31.0 Å². The number of rotatable bonds is 2.